The molecule has 2 aromatic rings. The fraction of sp³-hybridized carbons (Fsp3) is 0.474. The van der Waals surface area contributed by atoms with E-state index in [0.29, 0.717) is 12.6 Å². The number of hydrogen-bond donors (Lipinski definition) is 3. The van der Waals surface area contributed by atoms with Gasteiger partial charge in [-0.05, 0) is 37.9 Å². The summed E-state index contributed by atoms with van der Waals surface area (Å²) in [6.07, 6.45) is 9.40. The molecule has 0 radical (unpaired) electrons. The molecule has 1 fully saturated rings. The van der Waals surface area contributed by atoms with Gasteiger partial charge in [-0.3, -0.25) is 4.79 Å². The number of piperidine rings is 1. The van der Waals surface area contributed by atoms with Crippen LogP contribution in [-0.4, -0.2) is 47.3 Å². The van der Waals surface area contributed by atoms with Gasteiger partial charge in [-0.1, -0.05) is 6.42 Å². The van der Waals surface area contributed by atoms with Gasteiger partial charge in [0.05, 0.1) is 10.6 Å². The van der Waals surface area contributed by atoms with Gasteiger partial charge in [-0.15, -0.1) is 11.8 Å². The Kier molecular flexibility index (Phi) is 5.17. The number of H-pyrrole nitrogens is 1. The number of rotatable bonds is 4. The molecule has 4 heterocycles. The van der Waals surface area contributed by atoms with Gasteiger partial charge < -0.3 is 20.5 Å². The first-order chi connectivity index (χ1) is 12.7. The van der Waals surface area contributed by atoms with Crippen LogP contribution in [0.5, 0.6) is 0 Å². The van der Waals surface area contributed by atoms with Crippen molar-refractivity contribution in [2.75, 3.05) is 30.3 Å². The number of amides is 1. The zero-order valence-corrected chi connectivity index (χ0v) is 15.9. The second-order valence-corrected chi connectivity index (χ2v) is 8.05. The van der Waals surface area contributed by atoms with E-state index in [4.69, 9.17) is 0 Å². The van der Waals surface area contributed by atoms with E-state index in [9.17, 15) is 4.79 Å². The number of aromatic amines is 1. The molecule has 138 valence electrons. The van der Waals surface area contributed by atoms with Crippen LogP contribution in [0.3, 0.4) is 0 Å². The number of thioether (sulfide) groups is 1. The first kappa shape index (κ1) is 17.4. The van der Waals surface area contributed by atoms with Gasteiger partial charge in [0.25, 0.3) is 5.91 Å². The van der Waals surface area contributed by atoms with Gasteiger partial charge in [0.1, 0.15) is 5.65 Å². The number of anilines is 1. The molecule has 0 bridgehead atoms. The maximum Gasteiger partial charge on any atom is 0.259 e. The maximum atomic E-state index is 12.6. The minimum Gasteiger partial charge on any atom is -0.350 e. The van der Waals surface area contributed by atoms with Crippen molar-refractivity contribution in [2.45, 2.75) is 32.2 Å². The average Bonchev–Trinajstić information content (AvgIpc) is 3.08. The van der Waals surface area contributed by atoms with E-state index in [-0.39, 0.29) is 5.91 Å². The number of nitrogens with one attached hydrogen (secondary N) is 3. The Morgan fingerprint density at radius 1 is 1.46 bits per heavy atom. The number of hydrogen-bond acceptors (Lipinski definition) is 5. The van der Waals surface area contributed by atoms with Crippen LogP contribution in [0.4, 0.5) is 5.69 Å². The number of aromatic nitrogens is 2. The van der Waals surface area contributed by atoms with Crippen LogP contribution in [0.2, 0.25) is 0 Å². The van der Waals surface area contributed by atoms with E-state index in [1.54, 1.807) is 11.8 Å². The Hall–Kier alpha value is -1.99. The first-order valence-electron chi connectivity index (χ1n) is 9.28. The van der Waals surface area contributed by atoms with Crippen LogP contribution >= 0.6 is 11.8 Å². The van der Waals surface area contributed by atoms with Crippen molar-refractivity contribution in [2.24, 2.45) is 0 Å². The highest BCUT2D eigenvalue weighted by Gasteiger charge is 2.21. The molecule has 6 nitrogen and oxygen atoms in total. The van der Waals surface area contributed by atoms with E-state index >= 15 is 0 Å². The lowest BCUT2D eigenvalue weighted by Crippen LogP contribution is -2.44. The molecule has 7 heteroatoms. The molecule has 26 heavy (non-hydrogen) atoms. The van der Waals surface area contributed by atoms with E-state index in [1.165, 1.54) is 18.4 Å². The third-order valence-corrected chi connectivity index (χ3v) is 6.05. The summed E-state index contributed by atoms with van der Waals surface area (Å²) in [5.74, 6) is 0.928. The summed E-state index contributed by atoms with van der Waals surface area (Å²) in [5, 5.41) is 7.70. The molecule has 3 N–H and O–H groups in total. The van der Waals surface area contributed by atoms with Crippen molar-refractivity contribution < 1.29 is 4.79 Å². The summed E-state index contributed by atoms with van der Waals surface area (Å²) >= 11 is 1.63. The maximum absolute atomic E-state index is 12.6. The molecule has 0 aliphatic carbocycles. The van der Waals surface area contributed by atoms with Crippen LogP contribution in [0, 0.1) is 6.92 Å². The van der Waals surface area contributed by atoms with E-state index in [1.807, 2.05) is 24.7 Å². The highest BCUT2D eigenvalue weighted by Crippen LogP contribution is 2.32. The second-order valence-electron chi connectivity index (χ2n) is 6.92. The summed E-state index contributed by atoms with van der Waals surface area (Å²) < 4.78 is 0. The fourth-order valence-electron chi connectivity index (χ4n) is 3.65. The number of fused-ring (bicyclic) bond motifs is 1. The molecule has 4 rings (SSSR count). The van der Waals surface area contributed by atoms with Gasteiger partial charge in [-0.2, -0.15) is 0 Å². The number of carbonyl (C=O) groups excluding carboxylic acids is 1. The standard InChI is InChI=1S/C19H25N5OS/c1-13-10-22-18-17(13)15(5-7-21-18)24-8-9-26-16(12-24)19(25)23-11-14-4-2-3-6-20-14/h5,7,10,12,14,20H,2-4,6,8-9,11H2,1H3,(H,21,22)(H,23,25)/t14-/m0/s1. The quantitative estimate of drug-likeness (QED) is 0.770. The Morgan fingerprint density at radius 3 is 3.23 bits per heavy atom. The summed E-state index contributed by atoms with van der Waals surface area (Å²) in [6.45, 7) is 4.72. The first-order valence-corrected chi connectivity index (χ1v) is 10.3. The molecule has 0 aromatic carbocycles. The summed E-state index contributed by atoms with van der Waals surface area (Å²) in [7, 11) is 0. The molecule has 1 atom stereocenters. The third-order valence-electron chi connectivity index (χ3n) is 5.07. The Morgan fingerprint density at radius 2 is 2.38 bits per heavy atom. The lowest BCUT2D eigenvalue weighted by Gasteiger charge is -2.27. The van der Waals surface area contributed by atoms with E-state index in [0.717, 1.165) is 46.9 Å². The summed E-state index contributed by atoms with van der Waals surface area (Å²) in [5.41, 5.74) is 3.17. The molecule has 1 saturated heterocycles. The minimum absolute atomic E-state index is 0.0307. The molecular formula is C19H25N5OS. The van der Waals surface area contributed by atoms with Gasteiger partial charge >= 0.3 is 0 Å². The Balaban J connectivity index is 1.49. The second kappa shape index (κ2) is 7.72. The number of pyridine rings is 1. The molecule has 2 aliphatic rings. The van der Waals surface area contributed by atoms with Crippen LogP contribution in [0.15, 0.2) is 29.6 Å². The number of carbonyl (C=O) groups is 1. The number of aryl methyl sites for hydroxylation is 1. The van der Waals surface area contributed by atoms with E-state index < -0.39 is 0 Å². The Labute approximate surface area is 157 Å². The average molecular weight is 372 g/mol. The molecule has 0 unspecified atom stereocenters. The molecular weight excluding hydrogens is 346 g/mol. The van der Waals surface area contributed by atoms with Crippen molar-refractivity contribution in [3.63, 3.8) is 0 Å². The molecule has 1 amide bonds. The van der Waals surface area contributed by atoms with Crippen molar-refractivity contribution >= 4 is 34.4 Å². The predicted octanol–water partition coefficient (Wildman–Crippen LogP) is 2.52. The third kappa shape index (κ3) is 3.59. The van der Waals surface area contributed by atoms with Crippen LogP contribution < -0.4 is 15.5 Å². The van der Waals surface area contributed by atoms with Crippen molar-refractivity contribution in [3.05, 3.63) is 35.1 Å². The summed E-state index contributed by atoms with van der Waals surface area (Å²) in [4.78, 5) is 23.2. The number of nitrogens with zero attached hydrogens (tertiary/aromatic N) is 2. The largest absolute Gasteiger partial charge is 0.350 e. The van der Waals surface area contributed by atoms with Gasteiger partial charge in [0.15, 0.2) is 0 Å². The van der Waals surface area contributed by atoms with Gasteiger partial charge in [0.2, 0.25) is 0 Å². The smallest absolute Gasteiger partial charge is 0.259 e. The zero-order valence-electron chi connectivity index (χ0n) is 15.0. The van der Waals surface area contributed by atoms with Crippen LogP contribution in [0.1, 0.15) is 24.8 Å². The zero-order chi connectivity index (χ0) is 17.9. The van der Waals surface area contributed by atoms with Gasteiger partial charge in [-0.25, -0.2) is 4.98 Å². The molecule has 0 saturated carbocycles. The van der Waals surface area contributed by atoms with Gasteiger partial charge in [0, 0.05) is 48.9 Å². The van der Waals surface area contributed by atoms with Crippen LogP contribution in [-0.2, 0) is 4.79 Å². The monoisotopic (exact) mass is 371 g/mol. The normalized spacial score (nSPS) is 20.9. The van der Waals surface area contributed by atoms with Crippen LogP contribution in [0.25, 0.3) is 11.0 Å². The van der Waals surface area contributed by atoms with Crippen molar-refractivity contribution in [1.29, 1.82) is 0 Å². The molecule has 2 aliphatic heterocycles. The topological polar surface area (TPSA) is 73.0 Å². The lowest BCUT2D eigenvalue weighted by molar-refractivity contribution is -0.116. The van der Waals surface area contributed by atoms with E-state index in [2.05, 4.69) is 32.4 Å². The van der Waals surface area contributed by atoms with Crippen molar-refractivity contribution in [3.8, 4) is 0 Å². The Bertz CT molecular complexity index is 824. The summed E-state index contributed by atoms with van der Waals surface area (Å²) in [6, 6.07) is 2.43. The fourth-order valence-corrected chi connectivity index (χ4v) is 4.56. The minimum atomic E-state index is 0.0307. The molecule has 2 aromatic heterocycles. The SMILES string of the molecule is Cc1c[nH]c2nccc(N3C=C(C(=O)NC[C@@H]4CCCCN4)SCC3)c12. The van der Waals surface area contributed by atoms with Crippen molar-refractivity contribution in [1.82, 2.24) is 20.6 Å². The highest BCUT2D eigenvalue weighted by atomic mass is 32.2. The molecule has 0 spiro atoms. The lowest BCUT2D eigenvalue weighted by atomic mass is 10.1. The highest BCUT2D eigenvalue weighted by molar-refractivity contribution is 8.04. The predicted molar refractivity (Wildman–Crippen MR) is 107 cm³/mol.